The van der Waals surface area contributed by atoms with E-state index in [1.165, 1.54) is 0 Å². The largest absolute Gasteiger partial charge is 0.454 e. The molecule has 5 heteroatoms. The Balaban J connectivity index is 1.91. The van der Waals surface area contributed by atoms with Crippen LogP contribution < -0.4 is 5.46 Å². The molecule has 0 saturated carbocycles. The van der Waals surface area contributed by atoms with Crippen LogP contribution in [-0.4, -0.2) is 28.8 Å². The summed E-state index contributed by atoms with van der Waals surface area (Å²) < 4.78 is 11.5. The highest BCUT2D eigenvalue weighted by Gasteiger charge is 2.35. The van der Waals surface area contributed by atoms with Gasteiger partial charge in [0.05, 0.1) is 11.2 Å². The Morgan fingerprint density at radius 2 is 1.91 bits per heavy atom. The van der Waals surface area contributed by atoms with Gasteiger partial charge in [0.1, 0.15) is 11.1 Å². The summed E-state index contributed by atoms with van der Waals surface area (Å²) in [5.74, 6) is 0. The molecule has 2 heterocycles. The van der Waals surface area contributed by atoms with Crippen LogP contribution >= 0.6 is 0 Å². The monoisotopic (exact) mass is 296 g/mol. The van der Waals surface area contributed by atoms with E-state index in [0.717, 1.165) is 27.5 Å². The fourth-order valence-corrected chi connectivity index (χ4v) is 2.05. The number of fused-ring (bicyclic) bond motifs is 3. The van der Waals surface area contributed by atoms with Crippen LogP contribution in [-0.2, 0) is 4.65 Å². The minimum absolute atomic E-state index is 0.696. The van der Waals surface area contributed by atoms with Crippen LogP contribution in [0.4, 0.5) is 0 Å². The van der Waals surface area contributed by atoms with Crippen LogP contribution in [0.15, 0.2) is 40.9 Å². The van der Waals surface area contributed by atoms with Crippen molar-refractivity contribution in [3.05, 3.63) is 36.5 Å². The number of benzene rings is 1. The summed E-state index contributed by atoms with van der Waals surface area (Å²) in [7, 11) is 1.67. The lowest BCUT2D eigenvalue weighted by Crippen LogP contribution is -2.49. The topological polar surface area (TPSA) is 55.5 Å². The van der Waals surface area contributed by atoms with Crippen LogP contribution in [0.2, 0.25) is 0 Å². The number of pyridine rings is 1. The van der Waals surface area contributed by atoms with E-state index in [9.17, 15) is 5.11 Å². The molecule has 113 valence electrons. The molecule has 0 amide bonds. The van der Waals surface area contributed by atoms with Crippen molar-refractivity contribution in [2.45, 2.75) is 38.9 Å². The number of aliphatic hydroxyl groups is 1. The third-order valence-corrected chi connectivity index (χ3v) is 4.21. The fraction of sp³-hybridized carbons (Fsp3) is 0.353. The van der Waals surface area contributed by atoms with Crippen molar-refractivity contribution in [2.75, 3.05) is 0 Å². The second-order valence-electron chi connectivity index (χ2n) is 6.51. The molecular weight excluding hydrogens is 277 g/mol. The van der Waals surface area contributed by atoms with Gasteiger partial charge in [-0.25, -0.2) is 0 Å². The number of hydrogen-bond acceptors (Lipinski definition) is 4. The second kappa shape index (κ2) is 5.11. The number of hydrogen-bond donors (Lipinski definition) is 1. The molecule has 0 fully saturated rings. The minimum atomic E-state index is -0.947. The molecule has 0 unspecified atom stereocenters. The van der Waals surface area contributed by atoms with E-state index >= 15 is 0 Å². The summed E-state index contributed by atoms with van der Waals surface area (Å²) in [5.41, 5.74) is 1.67. The molecule has 22 heavy (non-hydrogen) atoms. The number of nitrogens with zero attached hydrogens (tertiary/aromatic N) is 1. The van der Waals surface area contributed by atoms with Gasteiger partial charge in [0.25, 0.3) is 0 Å². The maximum absolute atomic E-state index is 10.1. The van der Waals surface area contributed by atoms with Crippen molar-refractivity contribution in [3.8, 4) is 0 Å². The van der Waals surface area contributed by atoms with Crippen LogP contribution in [0.3, 0.4) is 0 Å². The lowest BCUT2D eigenvalue weighted by atomic mass is 9.82. The van der Waals surface area contributed by atoms with Crippen LogP contribution in [0.1, 0.15) is 27.7 Å². The fourth-order valence-electron chi connectivity index (χ4n) is 2.05. The summed E-state index contributed by atoms with van der Waals surface area (Å²) in [5, 5.41) is 11.1. The molecule has 0 bridgehead atoms. The molecule has 1 radical (unpaired) electrons. The molecule has 1 N–H and O–H groups in total. The van der Waals surface area contributed by atoms with Gasteiger partial charge in [0, 0.05) is 11.6 Å². The van der Waals surface area contributed by atoms with E-state index in [4.69, 9.17) is 9.07 Å². The first-order valence-electron chi connectivity index (χ1n) is 7.29. The van der Waals surface area contributed by atoms with Gasteiger partial charge in [-0.1, -0.05) is 17.6 Å². The third kappa shape index (κ3) is 2.62. The Morgan fingerprint density at radius 1 is 1.14 bits per heavy atom. The highest BCUT2D eigenvalue weighted by Crippen LogP contribution is 2.26. The van der Waals surface area contributed by atoms with Crippen LogP contribution in [0, 0.1) is 0 Å². The normalized spacial score (nSPS) is 13.0. The van der Waals surface area contributed by atoms with Crippen molar-refractivity contribution >= 4 is 35.0 Å². The Labute approximate surface area is 130 Å². The van der Waals surface area contributed by atoms with Gasteiger partial charge in [-0.2, -0.15) is 0 Å². The molecular formula is C17H19BNO3. The molecule has 0 aliphatic rings. The van der Waals surface area contributed by atoms with E-state index in [2.05, 4.69) is 4.98 Å². The lowest BCUT2D eigenvalue weighted by molar-refractivity contribution is -0.0893. The minimum Gasteiger partial charge on any atom is -0.454 e. The summed E-state index contributed by atoms with van der Waals surface area (Å²) in [4.78, 5) is 4.37. The van der Waals surface area contributed by atoms with Gasteiger partial charge < -0.3 is 14.2 Å². The van der Waals surface area contributed by atoms with Crippen molar-refractivity contribution in [1.29, 1.82) is 0 Å². The molecule has 4 nitrogen and oxygen atoms in total. The zero-order valence-corrected chi connectivity index (χ0v) is 13.3. The van der Waals surface area contributed by atoms with E-state index in [-0.39, 0.29) is 0 Å². The van der Waals surface area contributed by atoms with Crippen molar-refractivity contribution < 1.29 is 14.2 Å². The number of rotatable bonds is 4. The average molecular weight is 296 g/mol. The van der Waals surface area contributed by atoms with E-state index in [1.54, 1.807) is 27.5 Å². The lowest BCUT2D eigenvalue weighted by Gasteiger charge is -2.37. The first-order chi connectivity index (χ1) is 10.3. The van der Waals surface area contributed by atoms with E-state index in [1.807, 2.05) is 44.2 Å². The number of furan rings is 1. The molecule has 2 aromatic heterocycles. The molecule has 0 spiro atoms. The van der Waals surface area contributed by atoms with Gasteiger partial charge in [-0.3, -0.25) is 4.98 Å². The molecule has 0 aliphatic heterocycles. The van der Waals surface area contributed by atoms with Crippen molar-refractivity contribution in [1.82, 2.24) is 4.98 Å². The van der Waals surface area contributed by atoms with E-state index in [0.29, 0.717) is 0 Å². The molecule has 0 atom stereocenters. The van der Waals surface area contributed by atoms with Gasteiger partial charge in [0.15, 0.2) is 5.58 Å². The first-order valence-corrected chi connectivity index (χ1v) is 7.29. The predicted molar refractivity (Wildman–Crippen MR) is 88.4 cm³/mol. The smallest absolute Gasteiger partial charge is 0.330 e. The standard InChI is InChI=1S/C17H19BNO3/c1-16(2,20)17(3,4)22-18-11-7-8-13-12(10-11)15-14(21-13)6-5-9-19-15/h5-10,20H,1-4H3. The highest BCUT2D eigenvalue weighted by molar-refractivity contribution is 6.47. The summed E-state index contributed by atoms with van der Waals surface area (Å²) in [6.07, 6.45) is 1.75. The highest BCUT2D eigenvalue weighted by atomic mass is 16.5. The summed E-state index contributed by atoms with van der Waals surface area (Å²) >= 11 is 0. The molecule has 0 aliphatic carbocycles. The zero-order chi connectivity index (χ0) is 16.0. The van der Waals surface area contributed by atoms with Crippen molar-refractivity contribution in [2.24, 2.45) is 0 Å². The molecule has 3 rings (SSSR count). The van der Waals surface area contributed by atoms with Crippen molar-refractivity contribution in [3.63, 3.8) is 0 Å². The quantitative estimate of drug-likeness (QED) is 0.752. The summed E-state index contributed by atoms with van der Waals surface area (Å²) in [6, 6.07) is 9.56. The molecule has 1 aromatic carbocycles. The maximum atomic E-state index is 10.1. The average Bonchev–Trinajstić information content (AvgIpc) is 2.82. The third-order valence-electron chi connectivity index (χ3n) is 4.21. The van der Waals surface area contributed by atoms with Gasteiger partial charge in [-0.05, 0) is 45.9 Å². The Hall–Kier alpha value is -1.85. The Bertz CT molecular complexity index is 817. The first kappa shape index (κ1) is 15.1. The molecule has 3 aromatic rings. The van der Waals surface area contributed by atoms with Crippen LogP contribution in [0.5, 0.6) is 0 Å². The Morgan fingerprint density at radius 3 is 2.64 bits per heavy atom. The van der Waals surface area contributed by atoms with Crippen LogP contribution in [0.25, 0.3) is 22.1 Å². The Kier molecular flexibility index (Phi) is 3.50. The van der Waals surface area contributed by atoms with E-state index < -0.39 is 11.2 Å². The zero-order valence-electron chi connectivity index (χ0n) is 13.3. The SMILES string of the molecule is CC(C)(O)C(C)(C)O[B]c1ccc2oc3cccnc3c2c1. The second-order valence-corrected chi connectivity index (χ2v) is 6.51. The van der Waals surface area contributed by atoms with Gasteiger partial charge >= 0.3 is 7.48 Å². The van der Waals surface area contributed by atoms with Gasteiger partial charge in [0.2, 0.25) is 0 Å². The maximum Gasteiger partial charge on any atom is 0.330 e. The number of aromatic nitrogens is 1. The molecule has 0 saturated heterocycles. The summed E-state index contributed by atoms with van der Waals surface area (Å²) in [6.45, 7) is 7.18. The predicted octanol–water partition coefficient (Wildman–Crippen LogP) is 2.79. The van der Waals surface area contributed by atoms with Gasteiger partial charge in [-0.15, -0.1) is 0 Å².